The van der Waals surface area contributed by atoms with Gasteiger partial charge in [0, 0.05) is 25.9 Å². The number of aromatic nitrogens is 4. The Kier molecular flexibility index (Phi) is 6.39. The quantitative estimate of drug-likeness (QED) is 0.443. The monoisotopic (exact) mass is 461 g/mol. The Morgan fingerprint density at radius 2 is 1.71 bits per heavy atom. The molecule has 0 unspecified atom stereocenters. The van der Waals surface area contributed by atoms with Crippen LogP contribution in [0.25, 0.3) is 10.9 Å². The lowest BCUT2D eigenvalue weighted by Crippen LogP contribution is -2.39. The smallest absolute Gasteiger partial charge is 0.331 e. The molecule has 0 saturated carbocycles. The maximum atomic E-state index is 13.2. The second-order valence-corrected chi connectivity index (χ2v) is 7.56. The molecule has 3 aromatic heterocycles. The zero-order valence-corrected chi connectivity index (χ0v) is 18.9. The van der Waals surface area contributed by atoms with Gasteiger partial charge in [0.05, 0.1) is 37.9 Å². The number of aryl methyl sites for hydroxylation is 1. The fraction of sp³-hybridized carbons (Fsp3) is 0.208. The van der Waals surface area contributed by atoms with Crippen molar-refractivity contribution in [1.82, 2.24) is 24.4 Å². The highest BCUT2D eigenvalue weighted by Gasteiger charge is 2.15. The van der Waals surface area contributed by atoms with Gasteiger partial charge in [-0.15, -0.1) is 0 Å². The van der Waals surface area contributed by atoms with Crippen molar-refractivity contribution in [2.75, 3.05) is 14.2 Å². The summed E-state index contributed by atoms with van der Waals surface area (Å²) < 4.78 is 12.7. The van der Waals surface area contributed by atoms with Crippen molar-refractivity contribution in [2.45, 2.75) is 13.1 Å². The Morgan fingerprint density at radius 1 is 0.971 bits per heavy atom. The molecule has 0 aliphatic heterocycles. The number of carbonyl (C=O) groups is 1. The first-order valence-electron chi connectivity index (χ1n) is 10.4. The standard InChI is InChI=1S/C24H23N5O5/c1-28-20-13-25-19(22(30)27-12-16-6-9-21(34-3)26-11-16)10-18(20)23(31)29(24(28)32)14-15-4-7-17(33-2)8-5-15/h4-11,13H,12,14H2,1-3H3,(H,27,30). The molecule has 0 saturated heterocycles. The third-order valence-electron chi connectivity index (χ3n) is 5.43. The van der Waals surface area contributed by atoms with Gasteiger partial charge in [-0.3, -0.25) is 18.7 Å². The molecule has 1 aromatic carbocycles. The number of hydrogen-bond donors (Lipinski definition) is 1. The summed E-state index contributed by atoms with van der Waals surface area (Å²) in [6.45, 7) is 0.310. The molecule has 174 valence electrons. The van der Waals surface area contributed by atoms with E-state index >= 15 is 0 Å². The molecule has 0 aliphatic carbocycles. The lowest BCUT2D eigenvalue weighted by Gasteiger charge is -2.12. The molecular weight excluding hydrogens is 438 g/mol. The molecule has 4 aromatic rings. The molecule has 34 heavy (non-hydrogen) atoms. The number of carbonyl (C=O) groups excluding carboxylic acids is 1. The van der Waals surface area contributed by atoms with Gasteiger partial charge in [0.15, 0.2) is 0 Å². The Labute approximate surface area is 194 Å². The minimum atomic E-state index is -0.496. The molecule has 1 amide bonds. The third-order valence-corrected chi connectivity index (χ3v) is 5.43. The number of rotatable bonds is 7. The minimum Gasteiger partial charge on any atom is -0.497 e. The van der Waals surface area contributed by atoms with Crippen LogP contribution in [0.1, 0.15) is 21.6 Å². The number of methoxy groups -OCH3 is 2. The normalized spacial score (nSPS) is 10.8. The van der Waals surface area contributed by atoms with Crippen molar-refractivity contribution in [3.63, 3.8) is 0 Å². The predicted molar refractivity (Wildman–Crippen MR) is 125 cm³/mol. The van der Waals surface area contributed by atoms with Gasteiger partial charge in [-0.05, 0) is 29.3 Å². The van der Waals surface area contributed by atoms with Crippen LogP contribution in [0.2, 0.25) is 0 Å². The van der Waals surface area contributed by atoms with Crippen LogP contribution in [0.4, 0.5) is 0 Å². The van der Waals surface area contributed by atoms with Crippen molar-refractivity contribution in [1.29, 1.82) is 0 Å². The van der Waals surface area contributed by atoms with Crippen molar-refractivity contribution >= 4 is 16.8 Å². The van der Waals surface area contributed by atoms with Gasteiger partial charge >= 0.3 is 5.69 Å². The van der Waals surface area contributed by atoms with E-state index in [0.29, 0.717) is 17.1 Å². The van der Waals surface area contributed by atoms with E-state index in [1.165, 1.54) is 23.9 Å². The summed E-state index contributed by atoms with van der Waals surface area (Å²) in [7, 11) is 4.65. The number of nitrogens with one attached hydrogen (secondary N) is 1. The highest BCUT2D eigenvalue weighted by molar-refractivity contribution is 5.95. The molecule has 0 atom stereocenters. The van der Waals surface area contributed by atoms with Gasteiger partial charge in [-0.25, -0.2) is 14.8 Å². The molecule has 0 aliphatic rings. The highest BCUT2D eigenvalue weighted by Crippen LogP contribution is 2.13. The number of amides is 1. The van der Waals surface area contributed by atoms with E-state index < -0.39 is 17.2 Å². The molecule has 0 radical (unpaired) electrons. The van der Waals surface area contributed by atoms with Gasteiger partial charge in [0.2, 0.25) is 5.88 Å². The largest absolute Gasteiger partial charge is 0.497 e. The second kappa shape index (κ2) is 9.57. The summed E-state index contributed by atoms with van der Waals surface area (Å²) in [6.07, 6.45) is 2.96. The Morgan fingerprint density at radius 3 is 2.35 bits per heavy atom. The zero-order valence-electron chi connectivity index (χ0n) is 18.9. The van der Waals surface area contributed by atoms with E-state index in [1.807, 2.05) is 0 Å². The summed E-state index contributed by atoms with van der Waals surface area (Å²) in [5, 5.41) is 2.98. The lowest BCUT2D eigenvalue weighted by molar-refractivity contribution is 0.0946. The first-order valence-corrected chi connectivity index (χ1v) is 10.4. The topological polar surface area (TPSA) is 117 Å². The Bertz CT molecular complexity index is 1460. The number of fused-ring (bicyclic) bond motifs is 1. The Hall–Kier alpha value is -4.47. The summed E-state index contributed by atoms with van der Waals surface area (Å²) in [6, 6.07) is 12.0. The van der Waals surface area contributed by atoms with Crippen molar-refractivity contribution in [3.05, 3.63) is 92.5 Å². The molecular formula is C24H23N5O5. The van der Waals surface area contributed by atoms with Gasteiger partial charge in [0.1, 0.15) is 11.4 Å². The lowest BCUT2D eigenvalue weighted by atomic mass is 10.2. The van der Waals surface area contributed by atoms with E-state index in [9.17, 15) is 14.4 Å². The molecule has 10 heteroatoms. The van der Waals surface area contributed by atoms with Crippen LogP contribution >= 0.6 is 0 Å². The maximum absolute atomic E-state index is 13.2. The third kappa shape index (κ3) is 4.51. The van der Waals surface area contributed by atoms with Crippen LogP contribution < -0.4 is 26.0 Å². The van der Waals surface area contributed by atoms with Gasteiger partial charge < -0.3 is 14.8 Å². The summed E-state index contributed by atoms with van der Waals surface area (Å²) in [5.41, 5.74) is 0.986. The van der Waals surface area contributed by atoms with Crippen LogP contribution in [0, 0.1) is 0 Å². The van der Waals surface area contributed by atoms with Crippen molar-refractivity contribution < 1.29 is 14.3 Å². The number of nitrogens with zero attached hydrogens (tertiary/aromatic N) is 4. The molecule has 0 fully saturated rings. The van der Waals surface area contributed by atoms with E-state index in [0.717, 1.165) is 15.7 Å². The van der Waals surface area contributed by atoms with Gasteiger partial charge in [-0.2, -0.15) is 0 Å². The molecule has 3 heterocycles. The minimum absolute atomic E-state index is 0.0701. The van der Waals surface area contributed by atoms with E-state index in [2.05, 4.69) is 15.3 Å². The first kappa shape index (κ1) is 22.7. The fourth-order valence-corrected chi connectivity index (χ4v) is 3.49. The van der Waals surface area contributed by atoms with Crippen LogP contribution in [-0.2, 0) is 20.1 Å². The number of benzene rings is 1. The highest BCUT2D eigenvalue weighted by atomic mass is 16.5. The summed E-state index contributed by atoms with van der Waals surface area (Å²) >= 11 is 0. The molecule has 10 nitrogen and oxygen atoms in total. The zero-order chi connectivity index (χ0) is 24.2. The number of ether oxygens (including phenoxy) is 2. The van der Waals surface area contributed by atoms with Crippen molar-refractivity contribution in [3.8, 4) is 11.6 Å². The average molecular weight is 461 g/mol. The van der Waals surface area contributed by atoms with E-state index in [1.54, 1.807) is 56.8 Å². The van der Waals surface area contributed by atoms with E-state index in [-0.39, 0.29) is 24.2 Å². The number of hydrogen-bond acceptors (Lipinski definition) is 7. The second-order valence-electron chi connectivity index (χ2n) is 7.56. The van der Waals surface area contributed by atoms with Crippen molar-refractivity contribution in [2.24, 2.45) is 7.05 Å². The molecule has 1 N–H and O–H groups in total. The maximum Gasteiger partial charge on any atom is 0.331 e. The SMILES string of the molecule is COc1ccc(Cn2c(=O)c3cc(C(=O)NCc4ccc(OC)nc4)ncc3n(C)c2=O)cc1. The fourth-order valence-electron chi connectivity index (χ4n) is 3.49. The molecule has 4 rings (SSSR count). The van der Waals surface area contributed by atoms with Crippen LogP contribution in [-0.4, -0.2) is 39.2 Å². The van der Waals surface area contributed by atoms with Gasteiger partial charge in [0.25, 0.3) is 11.5 Å². The van der Waals surface area contributed by atoms with Crippen LogP contribution in [0.15, 0.2) is 64.4 Å². The predicted octanol–water partition coefficient (Wildman–Crippen LogP) is 1.49. The van der Waals surface area contributed by atoms with E-state index in [4.69, 9.17) is 9.47 Å². The van der Waals surface area contributed by atoms with Crippen LogP contribution in [0.3, 0.4) is 0 Å². The Balaban J connectivity index is 1.62. The average Bonchev–Trinajstić information content (AvgIpc) is 2.88. The number of pyridine rings is 2. The van der Waals surface area contributed by atoms with Gasteiger partial charge in [-0.1, -0.05) is 18.2 Å². The first-order chi connectivity index (χ1) is 16.4. The summed E-state index contributed by atoms with van der Waals surface area (Å²) in [5.74, 6) is 0.699. The van der Waals surface area contributed by atoms with Crippen LogP contribution in [0.5, 0.6) is 11.6 Å². The summed E-state index contributed by atoms with van der Waals surface area (Å²) in [4.78, 5) is 47.0. The molecule has 0 spiro atoms. The molecule has 0 bridgehead atoms.